The van der Waals surface area contributed by atoms with Gasteiger partial charge in [-0.05, 0) is 57.2 Å². The van der Waals surface area contributed by atoms with Crippen LogP contribution in [-0.2, 0) is 10.0 Å². The van der Waals surface area contributed by atoms with Gasteiger partial charge in [0.2, 0.25) is 10.0 Å². The van der Waals surface area contributed by atoms with Gasteiger partial charge in [-0.15, -0.1) is 0 Å². The minimum atomic E-state index is -3.56. The maximum atomic E-state index is 12.4. The van der Waals surface area contributed by atoms with E-state index in [2.05, 4.69) is 10.3 Å². The first kappa shape index (κ1) is 18.1. The molecule has 7 heteroatoms. The molecule has 0 atom stereocenters. The zero-order valence-electron chi connectivity index (χ0n) is 14.1. The molecule has 1 heterocycles. The predicted octanol–water partition coefficient (Wildman–Crippen LogP) is 2.67. The summed E-state index contributed by atoms with van der Waals surface area (Å²) >= 11 is 0. The van der Waals surface area contributed by atoms with E-state index in [1.54, 1.807) is 26.0 Å². The summed E-state index contributed by atoms with van der Waals surface area (Å²) < 4.78 is 26.1. The molecule has 2 aromatic rings. The van der Waals surface area contributed by atoms with E-state index in [4.69, 9.17) is 0 Å². The number of aryl methyl sites for hydroxylation is 1. The van der Waals surface area contributed by atoms with E-state index in [9.17, 15) is 13.2 Å². The number of hydrogen-bond acceptors (Lipinski definition) is 4. The molecule has 1 N–H and O–H groups in total. The van der Waals surface area contributed by atoms with E-state index >= 15 is 0 Å². The van der Waals surface area contributed by atoms with Crippen molar-refractivity contribution in [3.05, 3.63) is 53.7 Å². The molecule has 0 aliphatic heterocycles. The number of carbonyl (C=O) groups excluding carboxylic acids is 1. The lowest BCUT2D eigenvalue weighted by molar-refractivity contribution is 0.102. The van der Waals surface area contributed by atoms with Crippen LogP contribution in [0.15, 0.2) is 47.4 Å². The summed E-state index contributed by atoms with van der Waals surface area (Å²) in [7, 11) is -2.02. The Hall–Kier alpha value is -2.25. The largest absolute Gasteiger partial charge is 0.307 e. The van der Waals surface area contributed by atoms with Gasteiger partial charge in [-0.25, -0.2) is 13.4 Å². The quantitative estimate of drug-likeness (QED) is 0.902. The Labute approximate surface area is 142 Å². The molecule has 0 unspecified atom stereocenters. The van der Waals surface area contributed by atoms with Crippen LogP contribution < -0.4 is 5.32 Å². The molecule has 6 nitrogen and oxygen atoms in total. The number of nitrogens with one attached hydrogen (secondary N) is 1. The van der Waals surface area contributed by atoms with Crippen LogP contribution in [0.25, 0.3) is 0 Å². The number of nitrogens with zero attached hydrogens (tertiary/aromatic N) is 2. The first-order valence-corrected chi connectivity index (χ1v) is 8.99. The highest BCUT2D eigenvalue weighted by molar-refractivity contribution is 7.89. The Kier molecular flexibility index (Phi) is 5.36. The molecule has 0 saturated carbocycles. The molecule has 0 aliphatic carbocycles. The van der Waals surface area contributed by atoms with Crippen molar-refractivity contribution in [1.82, 2.24) is 9.29 Å². The van der Waals surface area contributed by atoms with E-state index in [1.165, 1.54) is 35.6 Å². The summed E-state index contributed by atoms with van der Waals surface area (Å²) in [6, 6.07) is 11.0. The first-order chi connectivity index (χ1) is 11.2. The molecule has 1 amide bonds. The van der Waals surface area contributed by atoms with Crippen LogP contribution in [-0.4, -0.2) is 36.7 Å². The molecule has 1 aromatic carbocycles. The number of aromatic nitrogens is 1. The normalized spacial score (nSPS) is 11.8. The summed E-state index contributed by atoms with van der Waals surface area (Å²) in [4.78, 5) is 16.6. The van der Waals surface area contributed by atoms with E-state index in [1.807, 2.05) is 13.0 Å². The molecule has 0 saturated heterocycles. The van der Waals surface area contributed by atoms with Gasteiger partial charge >= 0.3 is 0 Å². The molecule has 0 aliphatic rings. The third-order valence-electron chi connectivity index (χ3n) is 3.65. The van der Waals surface area contributed by atoms with E-state index in [0.717, 1.165) is 5.69 Å². The number of anilines is 1. The van der Waals surface area contributed by atoms with Crippen molar-refractivity contribution in [2.75, 3.05) is 12.4 Å². The predicted molar refractivity (Wildman–Crippen MR) is 93.5 cm³/mol. The lowest BCUT2D eigenvalue weighted by Gasteiger charge is -2.21. The average Bonchev–Trinajstić information content (AvgIpc) is 2.54. The van der Waals surface area contributed by atoms with Gasteiger partial charge in [0.05, 0.1) is 4.90 Å². The third-order valence-corrected chi connectivity index (χ3v) is 5.70. The zero-order valence-corrected chi connectivity index (χ0v) is 15.0. The zero-order chi connectivity index (χ0) is 17.9. The number of benzene rings is 1. The summed E-state index contributed by atoms with van der Waals surface area (Å²) in [5.74, 6) is 0.116. The summed E-state index contributed by atoms with van der Waals surface area (Å²) in [6.07, 6.45) is 0. The highest BCUT2D eigenvalue weighted by Crippen LogP contribution is 2.17. The number of carbonyl (C=O) groups is 1. The Bertz CT molecular complexity index is 830. The van der Waals surface area contributed by atoms with Crippen molar-refractivity contribution >= 4 is 21.7 Å². The van der Waals surface area contributed by atoms with Crippen molar-refractivity contribution < 1.29 is 13.2 Å². The van der Waals surface area contributed by atoms with Crippen LogP contribution in [0.5, 0.6) is 0 Å². The molecule has 0 fully saturated rings. The van der Waals surface area contributed by atoms with Gasteiger partial charge in [0.25, 0.3) is 5.91 Å². The minimum absolute atomic E-state index is 0.148. The van der Waals surface area contributed by atoms with Crippen LogP contribution in [0, 0.1) is 6.92 Å². The molecular weight excluding hydrogens is 326 g/mol. The minimum Gasteiger partial charge on any atom is -0.307 e. The van der Waals surface area contributed by atoms with Crippen LogP contribution >= 0.6 is 0 Å². The van der Waals surface area contributed by atoms with Crippen LogP contribution in [0.3, 0.4) is 0 Å². The molecule has 0 radical (unpaired) electrons. The molecule has 2 rings (SSSR count). The first-order valence-electron chi connectivity index (χ1n) is 7.55. The summed E-state index contributed by atoms with van der Waals surface area (Å²) in [6.45, 7) is 5.43. The molecule has 1 aromatic heterocycles. The maximum Gasteiger partial charge on any atom is 0.256 e. The smallest absolute Gasteiger partial charge is 0.256 e. The fourth-order valence-electron chi connectivity index (χ4n) is 2.02. The second-order valence-electron chi connectivity index (χ2n) is 5.76. The SMILES string of the molecule is Cc1cccc(NC(=O)c2ccc(S(=O)(=O)N(C)C(C)C)cc2)n1. The fourth-order valence-corrected chi connectivity index (χ4v) is 3.39. The topological polar surface area (TPSA) is 79.4 Å². The number of rotatable bonds is 5. The summed E-state index contributed by atoms with van der Waals surface area (Å²) in [5.41, 5.74) is 1.16. The summed E-state index contributed by atoms with van der Waals surface area (Å²) in [5, 5.41) is 2.69. The molecular formula is C17H21N3O3S. The van der Waals surface area contributed by atoms with Crippen molar-refractivity contribution in [3.63, 3.8) is 0 Å². The fraction of sp³-hybridized carbons (Fsp3) is 0.294. The Balaban J connectivity index is 2.19. The van der Waals surface area contributed by atoms with Gasteiger partial charge in [-0.1, -0.05) is 6.07 Å². The van der Waals surface area contributed by atoms with Gasteiger partial charge in [-0.3, -0.25) is 4.79 Å². The highest BCUT2D eigenvalue weighted by atomic mass is 32.2. The Morgan fingerprint density at radius 3 is 2.29 bits per heavy atom. The van der Waals surface area contributed by atoms with Gasteiger partial charge in [-0.2, -0.15) is 4.31 Å². The monoisotopic (exact) mass is 347 g/mol. The van der Waals surface area contributed by atoms with Crippen LogP contribution in [0.4, 0.5) is 5.82 Å². The molecule has 0 bridgehead atoms. The molecule has 128 valence electrons. The average molecular weight is 347 g/mol. The van der Waals surface area contributed by atoms with Crippen molar-refractivity contribution in [3.8, 4) is 0 Å². The second-order valence-corrected chi connectivity index (χ2v) is 7.76. The lowest BCUT2D eigenvalue weighted by Crippen LogP contribution is -2.33. The van der Waals surface area contributed by atoms with E-state index in [0.29, 0.717) is 11.4 Å². The Morgan fingerprint density at radius 2 is 1.75 bits per heavy atom. The molecule has 24 heavy (non-hydrogen) atoms. The third kappa shape index (κ3) is 3.98. The number of pyridine rings is 1. The van der Waals surface area contributed by atoms with Gasteiger partial charge in [0.1, 0.15) is 5.82 Å². The van der Waals surface area contributed by atoms with Crippen LogP contribution in [0.2, 0.25) is 0 Å². The van der Waals surface area contributed by atoms with Gasteiger partial charge < -0.3 is 5.32 Å². The number of amides is 1. The van der Waals surface area contributed by atoms with Crippen molar-refractivity contribution in [2.45, 2.75) is 31.7 Å². The second kappa shape index (κ2) is 7.11. The maximum absolute atomic E-state index is 12.4. The van der Waals surface area contributed by atoms with E-state index in [-0.39, 0.29) is 16.8 Å². The van der Waals surface area contributed by atoms with Crippen molar-refractivity contribution in [1.29, 1.82) is 0 Å². The highest BCUT2D eigenvalue weighted by Gasteiger charge is 2.23. The van der Waals surface area contributed by atoms with Crippen LogP contribution in [0.1, 0.15) is 29.9 Å². The van der Waals surface area contributed by atoms with Crippen molar-refractivity contribution in [2.24, 2.45) is 0 Å². The molecule has 0 spiro atoms. The van der Waals surface area contributed by atoms with Gasteiger partial charge in [0, 0.05) is 24.3 Å². The van der Waals surface area contributed by atoms with E-state index < -0.39 is 10.0 Å². The van der Waals surface area contributed by atoms with Gasteiger partial charge in [0.15, 0.2) is 0 Å². The number of hydrogen-bond donors (Lipinski definition) is 1. The lowest BCUT2D eigenvalue weighted by atomic mass is 10.2. The number of sulfonamides is 1. The standard InChI is InChI=1S/C17H21N3O3S/c1-12(2)20(4)24(22,23)15-10-8-14(9-11-15)17(21)19-16-7-5-6-13(3)18-16/h5-12H,1-4H3,(H,18,19,21). The Morgan fingerprint density at radius 1 is 1.12 bits per heavy atom.